The zero-order chi connectivity index (χ0) is 27.8. The minimum atomic E-state index is -0.261. The maximum atomic E-state index is 13.0. The first-order valence-electron chi connectivity index (χ1n) is 12.6. The number of hydrogen-bond acceptors (Lipinski definition) is 7. The summed E-state index contributed by atoms with van der Waals surface area (Å²) in [6, 6.07) is 13.7. The van der Waals surface area contributed by atoms with E-state index in [0.717, 1.165) is 18.8 Å². The lowest BCUT2D eigenvalue weighted by Gasteiger charge is -2.43. The summed E-state index contributed by atoms with van der Waals surface area (Å²) in [5, 5.41) is 11.3. The summed E-state index contributed by atoms with van der Waals surface area (Å²) in [5.74, 6) is 0.938. The van der Waals surface area contributed by atoms with Crippen LogP contribution in [0.1, 0.15) is 24.2 Å². The highest BCUT2D eigenvalue weighted by Crippen LogP contribution is 2.45. The van der Waals surface area contributed by atoms with Crippen molar-refractivity contribution in [2.24, 2.45) is 0 Å². The standard InChI is InChI=1S/C28H30Cl2N6O3/c1-15-13-36(14-16(2)35(15)3)18-8-6-17(7-9-18)28(37)32-27-19-10-11-20(31-26(19)33-34-27)23-24(29)21(38-4)12-22(39-5)25(23)30/h6-12,15-16H,13-14H2,1-5H3,(H2,31,32,33,34,37). The molecule has 0 radical (unpaired) electrons. The molecule has 1 aliphatic rings. The molecule has 4 aromatic rings. The number of nitrogens with zero attached hydrogens (tertiary/aromatic N) is 4. The van der Waals surface area contributed by atoms with Gasteiger partial charge in [-0.1, -0.05) is 23.2 Å². The molecule has 0 aliphatic carbocycles. The number of aromatic amines is 1. The molecule has 9 nitrogen and oxygen atoms in total. The fraction of sp³-hybridized carbons (Fsp3) is 0.321. The number of carbonyl (C=O) groups excluding carboxylic acids is 1. The molecule has 5 rings (SSSR count). The van der Waals surface area contributed by atoms with Gasteiger partial charge in [-0.25, -0.2) is 4.98 Å². The normalized spacial score (nSPS) is 17.9. The Morgan fingerprint density at radius 2 is 1.62 bits per heavy atom. The Labute approximate surface area is 237 Å². The summed E-state index contributed by atoms with van der Waals surface area (Å²) in [6.07, 6.45) is 0. The van der Waals surface area contributed by atoms with Gasteiger partial charge in [0, 0.05) is 48.1 Å². The average Bonchev–Trinajstić information content (AvgIpc) is 3.33. The molecular weight excluding hydrogens is 539 g/mol. The monoisotopic (exact) mass is 568 g/mol. The molecular formula is C28H30Cl2N6O3. The summed E-state index contributed by atoms with van der Waals surface area (Å²) in [6.45, 7) is 6.35. The Bertz CT molecular complexity index is 1480. The van der Waals surface area contributed by atoms with Crippen LogP contribution in [0.3, 0.4) is 0 Å². The summed E-state index contributed by atoms with van der Waals surface area (Å²) in [7, 11) is 5.19. The van der Waals surface area contributed by atoms with E-state index in [1.54, 1.807) is 18.2 Å². The van der Waals surface area contributed by atoms with Gasteiger partial charge in [-0.2, -0.15) is 5.10 Å². The number of piperazine rings is 1. The van der Waals surface area contributed by atoms with Crippen LogP contribution in [0.25, 0.3) is 22.3 Å². The Morgan fingerprint density at radius 3 is 2.21 bits per heavy atom. The second kappa shape index (κ2) is 10.9. The molecule has 39 heavy (non-hydrogen) atoms. The summed E-state index contributed by atoms with van der Waals surface area (Å²) in [5.41, 5.74) is 3.08. The number of amides is 1. The number of halogens is 2. The van der Waals surface area contributed by atoms with Crippen LogP contribution in [-0.2, 0) is 0 Å². The van der Waals surface area contributed by atoms with Crippen molar-refractivity contribution < 1.29 is 14.3 Å². The molecule has 2 aromatic carbocycles. The smallest absolute Gasteiger partial charge is 0.256 e. The summed E-state index contributed by atoms with van der Waals surface area (Å²) < 4.78 is 10.7. The fourth-order valence-electron chi connectivity index (χ4n) is 4.87. The number of hydrogen-bond donors (Lipinski definition) is 2. The van der Waals surface area contributed by atoms with E-state index in [-0.39, 0.29) is 5.91 Å². The van der Waals surface area contributed by atoms with Crippen molar-refractivity contribution >= 4 is 51.6 Å². The van der Waals surface area contributed by atoms with E-state index in [2.05, 4.69) is 51.2 Å². The highest BCUT2D eigenvalue weighted by Gasteiger charge is 2.27. The molecule has 204 valence electrons. The molecule has 2 N–H and O–H groups in total. The number of likely N-dealkylation sites (N-methyl/N-ethyl adjacent to an activating group) is 1. The van der Waals surface area contributed by atoms with Gasteiger partial charge in [0.1, 0.15) is 11.5 Å². The van der Waals surface area contributed by atoms with Gasteiger partial charge in [0.15, 0.2) is 11.5 Å². The van der Waals surface area contributed by atoms with Gasteiger partial charge in [0.05, 0.1) is 35.3 Å². The number of rotatable bonds is 6. The zero-order valence-corrected chi connectivity index (χ0v) is 23.9. The molecule has 2 atom stereocenters. The van der Waals surface area contributed by atoms with Crippen LogP contribution in [0.2, 0.25) is 10.0 Å². The second-order valence-electron chi connectivity index (χ2n) is 9.72. The molecule has 2 aromatic heterocycles. The van der Waals surface area contributed by atoms with Crippen molar-refractivity contribution in [2.75, 3.05) is 44.6 Å². The number of ether oxygens (including phenoxy) is 2. The molecule has 0 saturated carbocycles. The number of anilines is 2. The van der Waals surface area contributed by atoms with E-state index in [4.69, 9.17) is 32.7 Å². The maximum Gasteiger partial charge on any atom is 0.256 e. The maximum absolute atomic E-state index is 13.0. The van der Waals surface area contributed by atoms with Crippen molar-refractivity contribution in [2.45, 2.75) is 25.9 Å². The number of pyridine rings is 1. The van der Waals surface area contributed by atoms with E-state index in [1.165, 1.54) is 14.2 Å². The van der Waals surface area contributed by atoms with Crippen LogP contribution in [0.5, 0.6) is 11.5 Å². The zero-order valence-electron chi connectivity index (χ0n) is 22.4. The molecule has 1 fully saturated rings. The van der Waals surface area contributed by atoms with Gasteiger partial charge in [0.2, 0.25) is 0 Å². The third-order valence-corrected chi connectivity index (χ3v) is 8.09. The summed E-state index contributed by atoms with van der Waals surface area (Å²) in [4.78, 5) is 22.4. The number of nitrogens with one attached hydrogen (secondary N) is 2. The Hall–Kier alpha value is -3.53. The lowest BCUT2D eigenvalue weighted by atomic mass is 10.1. The minimum Gasteiger partial charge on any atom is -0.495 e. The predicted molar refractivity (Wildman–Crippen MR) is 156 cm³/mol. The van der Waals surface area contributed by atoms with Crippen LogP contribution < -0.4 is 19.7 Å². The van der Waals surface area contributed by atoms with Crippen molar-refractivity contribution in [3.63, 3.8) is 0 Å². The lowest BCUT2D eigenvalue weighted by molar-refractivity contribution is 0.102. The molecule has 1 aliphatic heterocycles. The van der Waals surface area contributed by atoms with Crippen molar-refractivity contribution in [3.8, 4) is 22.8 Å². The van der Waals surface area contributed by atoms with Gasteiger partial charge in [-0.3, -0.25) is 14.8 Å². The van der Waals surface area contributed by atoms with Crippen molar-refractivity contribution in [1.29, 1.82) is 0 Å². The molecule has 0 bridgehead atoms. The van der Waals surface area contributed by atoms with Gasteiger partial charge in [-0.15, -0.1) is 0 Å². The van der Waals surface area contributed by atoms with Crippen LogP contribution in [0, 0.1) is 0 Å². The van der Waals surface area contributed by atoms with Gasteiger partial charge >= 0.3 is 0 Å². The van der Waals surface area contributed by atoms with Gasteiger partial charge in [0.25, 0.3) is 5.91 Å². The number of fused-ring (bicyclic) bond motifs is 1. The number of benzene rings is 2. The number of H-pyrrole nitrogens is 1. The highest BCUT2D eigenvalue weighted by molar-refractivity contribution is 6.41. The Kier molecular flexibility index (Phi) is 7.57. The van der Waals surface area contributed by atoms with E-state index >= 15 is 0 Å². The predicted octanol–water partition coefficient (Wildman–Crippen LogP) is 5.73. The number of aromatic nitrogens is 3. The molecule has 1 saturated heterocycles. The fourth-order valence-corrected chi connectivity index (χ4v) is 5.56. The molecule has 2 unspecified atom stereocenters. The van der Waals surface area contributed by atoms with Crippen LogP contribution in [0.15, 0.2) is 42.5 Å². The van der Waals surface area contributed by atoms with Gasteiger partial charge in [-0.05, 0) is 57.3 Å². The largest absolute Gasteiger partial charge is 0.495 e. The SMILES string of the molecule is COc1cc(OC)c(Cl)c(-c2ccc3c(NC(=O)c4ccc(N5CC(C)N(C)C(C)C5)cc4)n[nH]c3n2)c1Cl. The molecule has 3 heterocycles. The van der Waals surface area contributed by atoms with E-state index in [1.807, 2.05) is 24.3 Å². The van der Waals surface area contributed by atoms with Gasteiger partial charge < -0.3 is 19.7 Å². The first kappa shape index (κ1) is 27.1. The highest BCUT2D eigenvalue weighted by atomic mass is 35.5. The van der Waals surface area contributed by atoms with Crippen molar-refractivity contribution in [3.05, 3.63) is 58.1 Å². The lowest BCUT2D eigenvalue weighted by Crippen LogP contribution is -2.55. The first-order chi connectivity index (χ1) is 18.7. The van der Waals surface area contributed by atoms with E-state index in [9.17, 15) is 4.79 Å². The molecule has 1 amide bonds. The van der Waals surface area contributed by atoms with Crippen molar-refractivity contribution in [1.82, 2.24) is 20.1 Å². The molecule has 11 heteroatoms. The third-order valence-electron chi connectivity index (χ3n) is 7.34. The van der Waals surface area contributed by atoms with E-state index in [0.29, 0.717) is 67.3 Å². The number of methoxy groups -OCH3 is 2. The number of carbonyl (C=O) groups is 1. The van der Waals surface area contributed by atoms with Crippen LogP contribution in [0.4, 0.5) is 11.5 Å². The second-order valence-corrected chi connectivity index (χ2v) is 10.5. The average molecular weight is 569 g/mol. The molecule has 0 spiro atoms. The quantitative estimate of drug-likeness (QED) is 0.306. The Balaban J connectivity index is 1.36. The minimum absolute atomic E-state index is 0.261. The first-order valence-corrected chi connectivity index (χ1v) is 13.3. The topological polar surface area (TPSA) is 95.6 Å². The van der Waals surface area contributed by atoms with Crippen LogP contribution in [-0.4, -0.2) is 72.4 Å². The Morgan fingerprint density at radius 1 is 1.00 bits per heavy atom. The van der Waals surface area contributed by atoms with Crippen LogP contribution >= 0.6 is 23.2 Å². The summed E-state index contributed by atoms with van der Waals surface area (Å²) >= 11 is 13.1. The third kappa shape index (κ3) is 5.09. The van der Waals surface area contributed by atoms with E-state index < -0.39 is 0 Å².